The second-order valence-electron chi connectivity index (χ2n) is 5.12. The summed E-state index contributed by atoms with van der Waals surface area (Å²) in [7, 11) is 3.77. The topological polar surface area (TPSA) is 30.5 Å². The van der Waals surface area contributed by atoms with Crippen molar-refractivity contribution in [2.75, 3.05) is 20.8 Å². The molecule has 3 nitrogen and oxygen atoms in total. The normalized spacial score (nSPS) is 30.0. The zero-order valence-corrected chi connectivity index (χ0v) is 11.9. The van der Waals surface area contributed by atoms with Gasteiger partial charge in [0.05, 0.1) is 12.2 Å². The molecule has 0 aliphatic heterocycles. The molecule has 4 unspecified atom stereocenters. The summed E-state index contributed by atoms with van der Waals surface area (Å²) in [6.45, 7) is 5.41. The summed E-state index contributed by atoms with van der Waals surface area (Å²) in [6, 6.07) is 0.473. The van der Waals surface area contributed by atoms with E-state index in [0.29, 0.717) is 12.1 Å². The lowest BCUT2D eigenvalue weighted by Gasteiger charge is -2.43. The highest BCUT2D eigenvalue weighted by Crippen LogP contribution is 2.27. The number of nitrogens with one attached hydrogen (secondary N) is 1. The van der Waals surface area contributed by atoms with Crippen molar-refractivity contribution in [3.63, 3.8) is 0 Å². The van der Waals surface area contributed by atoms with Crippen LogP contribution in [-0.2, 0) is 9.47 Å². The van der Waals surface area contributed by atoms with Gasteiger partial charge in [-0.2, -0.15) is 0 Å². The summed E-state index contributed by atoms with van der Waals surface area (Å²) in [5.41, 5.74) is 0. The van der Waals surface area contributed by atoms with Gasteiger partial charge in [0.1, 0.15) is 0 Å². The lowest BCUT2D eigenvalue weighted by molar-refractivity contribution is -0.139. The molecule has 3 heteroatoms. The molecule has 1 aliphatic rings. The minimum atomic E-state index is 0.240. The van der Waals surface area contributed by atoms with Crippen molar-refractivity contribution in [3.8, 4) is 0 Å². The first-order chi connectivity index (χ1) is 8.26. The third kappa shape index (κ3) is 4.23. The number of unbranched alkanes of at least 4 members (excludes halogenated alkanes) is 1. The molecule has 0 amide bonds. The number of likely N-dealkylation sites (N-methyl/N-ethyl adjacent to an activating group) is 1. The highest BCUT2D eigenvalue weighted by Gasteiger charge is 2.41. The lowest BCUT2D eigenvalue weighted by Crippen LogP contribution is -2.59. The number of hydrogen-bond acceptors (Lipinski definition) is 3. The van der Waals surface area contributed by atoms with Gasteiger partial charge in [0.15, 0.2) is 0 Å². The molecule has 0 radical (unpaired) electrons. The molecule has 102 valence electrons. The molecule has 0 heterocycles. The monoisotopic (exact) mass is 243 g/mol. The van der Waals surface area contributed by atoms with Crippen molar-refractivity contribution in [2.45, 2.75) is 64.2 Å². The molecule has 0 saturated heterocycles. The van der Waals surface area contributed by atoms with Gasteiger partial charge in [-0.05, 0) is 25.8 Å². The Morgan fingerprint density at radius 1 is 1.35 bits per heavy atom. The van der Waals surface area contributed by atoms with Crippen LogP contribution in [0.25, 0.3) is 0 Å². The Morgan fingerprint density at radius 2 is 2.12 bits per heavy atom. The van der Waals surface area contributed by atoms with Crippen LogP contribution < -0.4 is 5.32 Å². The van der Waals surface area contributed by atoms with Crippen molar-refractivity contribution in [3.05, 3.63) is 0 Å². The Balaban J connectivity index is 2.21. The molecule has 4 atom stereocenters. The van der Waals surface area contributed by atoms with Gasteiger partial charge < -0.3 is 14.8 Å². The number of hydrogen-bond donors (Lipinski definition) is 1. The van der Waals surface area contributed by atoms with Gasteiger partial charge in [-0.3, -0.25) is 0 Å². The van der Waals surface area contributed by atoms with Gasteiger partial charge in [-0.25, -0.2) is 0 Å². The average Bonchev–Trinajstić information content (AvgIpc) is 2.32. The Morgan fingerprint density at radius 3 is 2.65 bits per heavy atom. The van der Waals surface area contributed by atoms with Crippen molar-refractivity contribution in [1.29, 1.82) is 0 Å². The molecule has 0 spiro atoms. The molecule has 1 aliphatic carbocycles. The van der Waals surface area contributed by atoms with Crippen LogP contribution in [0.2, 0.25) is 0 Å². The summed E-state index contributed by atoms with van der Waals surface area (Å²) < 4.78 is 11.5. The predicted molar refractivity (Wildman–Crippen MR) is 71.3 cm³/mol. The highest BCUT2D eigenvalue weighted by molar-refractivity contribution is 4.96. The Kier molecular flexibility index (Phi) is 7.09. The summed E-state index contributed by atoms with van der Waals surface area (Å²) >= 11 is 0. The van der Waals surface area contributed by atoms with Crippen molar-refractivity contribution >= 4 is 0 Å². The molecule has 0 bridgehead atoms. The second kappa shape index (κ2) is 8.06. The van der Waals surface area contributed by atoms with Crippen LogP contribution in [0.1, 0.15) is 46.0 Å². The average molecular weight is 243 g/mol. The summed E-state index contributed by atoms with van der Waals surface area (Å²) in [5.74, 6) is 0.723. The third-order valence-electron chi connectivity index (χ3n) is 3.98. The molecule has 1 N–H and O–H groups in total. The Hall–Kier alpha value is -0.120. The van der Waals surface area contributed by atoms with Crippen molar-refractivity contribution < 1.29 is 9.47 Å². The molecular formula is C14H29NO2. The van der Waals surface area contributed by atoms with Gasteiger partial charge >= 0.3 is 0 Å². The van der Waals surface area contributed by atoms with E-state index < -0.39 is 0 Å². The van der Waals surface area contributed by atoms with Crippen LogP contribution in [0.4, 0.5) is 0 Å². The van der Waals surface area contributed by atoms with Gasteiger partial charge in [0, 0.05) is 19.8 Å². The summed E-state index contributed by atoms with van der Waals surface area (Å²) in [6.07, 6.45) is 6.74. The van der Waals surface area contributed by atoms with E-state index in [1.807, 2.05) is 7.05 Å². The van der Waals surface area contributed by atoms with E-state index in [1.54, 1.807) is 7.11 Å². The van der Waals surface area contributed by atoms with Gasteiger partial charge in [0.25, 0.3) is 0 Å². The maximum atomic E-state index is 6.00. The van der Waals surface area contributed by atoms with Crippen LogP contribution in [0.3, 0.4) is 0 Å². The largest absolute Gasteiger partial charge is 0.377 e. The zero-order chi connectivity index (χ0) is 12.7. The maximum Gasteiger partial charge on any atom is 0.0986 e. The fourth-order valence-corrected chi connectivity index (χ4v) is 2.50. The summed E-state index contributed by atoms with van der Waals surface area (Å²) in [5, 5.41) is 3.26. The predicted octanol–water partition coefficient (Wildman–Crippen LogP) is 2.59. The maximum absolute atomic E-state index is 6.00. The molecule has 1 rings (SSSR count). The smallest absolute Gasteiger partial charge is 0.0986 e. The first-order valence-corrected chi connectivity index (χ1v) is 7.08. The van der Waals surface area contributed by atoms with E-state index >= 15 is 0 Å². The van der Waals surface area contributed by atoms with E-state index in [9.17, 15) is 0 Å². The molecule has 0 aromatic carbocycles. The minimum Gasteiger partial charge on any atom is -0.377 e. The number of ether oxygens (including phenoxy) is 2. The summed E-state index contributed by atoms with van der Waals surface area (Å²) in [4.78, 5) is 0. The molecule has 1 fully saturated rings. The molecule has 17 heavy (non-hydrogen) atoms. The molecule has 1 saturated carbocycles. The van der Waals surface area contributed by atoms with Crippen LogP contribution >= 0.6 is 0 Å². The van der Waals surface area contributed by atoms with E-state index in [4.69, 9.17) is 9.47 Å². The highest BCUT2D eigenvalue weighted by atomic mass is 16.5. The van der Waals surface area contributed by atoms with Gasteiger partial charge in [-0.1, -0.05) is 33.1 Å². The van der Waals surface area contributed by atoms with E-state index in [2.05, 4.69) is 19.2 Å². The van der Waals surface area contributed by atoms with Gasteiger partial charge in [0.2, 0.25) is 0 Å². The standard InChI is InChI=1S/C14H29NO2/c1-5-7-8-11(6-2)10-17-13-9-12(15-3)14(13)16-4/h11-15H,5-10H2,1-4H3. The number of methoxy groups -OCH3 is 1. The molecular weight excluding hydrogens is 214 g/mol. The van der Waals surface area contributed by atoms with E-state index in [-0.39, 0.29) is 6.10 Å². The third-order valence-corrected chi connectivity index (χ3v) is 3.98. The first kappa shape index (κ1) is 14.9. The second-order valence-corrected chi connectivity index (χ2v) is 5.12. The van der Waals surface area contributed by atoms with E-state index in [0.717, 1.165) is 18.9 Å². The minimum absolute atomic E-state index is 0.240. The van der Waals surface area contributed by atoms with Crippen molar-refractivity contribution in [2.24, 2.45) is 5.92 Å². The van der Waals surface area contributed by atoms with E-state index in [1.165, 1.54) is 25.7 Å². The fraction of sp³-hybridized carbons (Fsp3) is 1.00. The van der Waals surface area contributed by atoms with Crippen LogP contribution in [0.5, 0.6) is 0 Å². The van der Waals surface area contributed by atoms with Gasteiger partial charge in [-0.15, -0.1) is 0 Å². The Bertz CT molecular complexity index is 199. The lowest BCUT2D eigenvalue weighted by atomic mass is 9.85. The quantitative estimate of drug-likeness (QED) is 0.675. The Labute approximate surface area is 106 Å². The molecule has 0 aromatic heterocycles. The van der Waals surface area contributed by atoms with Crippen LogP contribution in [0, 0.1) is 5.92 Å². The zero-order valence-electron chi connectivity index (χ0n) is 11.9. The van der Waals surface area contributed by atoms with Crippen molar-refractivity contribution in [1.82, 2.24) is 5.32 Å². The molecule has 0 aromatic rings. The fourth-order valence-electron chi connectivity index (χ4n) is 2.50. The van der Waals surface area contributed by atoms with Crippen LogP contribution in [0.15, 0.2) is 0 Å². The SMILES string of the molecule is CCCCC(CC)COC1CC(NC)C1OC. The number of rotatable bonds is 9. The first-order valence-electron chi connectivity index (χ1n) is 7.08. The van der Waals surface area contributed by atoms with Crippen LogP contribution in [-0.4, -0.2) is 39.0 Å².